The minimum atomic E-state index is -0.173. The zero-order chi connectivity index (χ0) is 14.8. The lowest BCUT2D eigenvalue weighted by molar-refractivity contribution is -0.117. The molecule has 2 amide bonds. The van der Waals surface area contributed by atoms with Crippen LogP contribution in [0.3, 0.4) is 0 Å². The van der Waals surface area contributed by atoms with Crippen molar-refractivity contribution in [1.29, 1.82) is 0 Å². The quantitative estimate of drug-likeness (QED) is 0.906. The van der Waals surface area contributed by atoms with E-state index in [1.54, 1.807) is 22.8 Å². The number of nitrogens with one attached hydrogen (secondary N) is 2. The summed E-state index contributed by atoms with van der Waals surface area (Å²) in [5.41, 5.74) is 1.95. The number of nitrogens with zero attached hydrogens (tertiary/aromatic N) is 1. The van der Waals surface area contributed by atoms with Crippen LogP contribution in [0.4, 0.5) is 11.4 Å². The first kappa shape index (κ1) is 13.4. The summed E-state index contributed by atoms with van der Waals surface area (Å²) in [6, 6.07) is 10.8. The molecule has 2 aromatic rings. The topological polar surface area (TPSA) is 63.1 Å². The second-order valence-corrected chi connectivity index (χ2v) is 5.30. The second-order valence-electron chi connectivity index (χ2n) is 5.30. The van der Waals surface area contributed by atoms with Crippen LogP contribution in [0.2, 0.25) is 0 Å². The van der Waals surface area contributed by atoms with E-state index in [0.29, 0.717) is 17.1 Å². The first-order valence-corrected chi connectivity index (χ1v) is 6.97. The van der Waals surface area contributed by atoms with Gasteiger partial charge in [-0.1, -0.05) is 6.07 Å². The fourth-order valence-electron chi connectivity index (χ4n) is 2.16. The molecule has 1 aliphatic rings. The molecule has 0 aliphatic heterocycles. The Bertz CT molecular complexity index is 686. The van der Waals surface area contributed by atoms with Crippen molar-refractivity contribution in [2.45, 2.75) is 12.8 Å². The minimum Gasteiger partial charge on any atom is -0.347 e. The first-order chi connectivity index (χ1) is 10.1. The highest BCUT2D eigenvalue weighted by Gasteiger charge is 2.29. The smallest absolute Gasteiger partial charge is 0.272 e. The average Bonchev–Trinajstić information content (AvgIpc) is 3.21. The van der Waals surface area contributed by atoms with Gasteiger partial charge in [-0.25, -0.2) is 0 Å². The van der Waals surface area contributed by atoms with E-state index in [9.17, 15) is 9.59 Å². The SMILES string of the molecule is Cn1cccc1C(=O)Nc1cccc(NC(=O)C2CC2)c1. The molecular weight excluding hydrogens is 266 g/mol. The number of aromatic nitrogens is 1. The molecule has 0 bridgehead atoms. The molecule has 1 heterocycles. The van der Waals surface area contributed by atoms with Gasteiger partial charge in [0, 0.05) is 30.5 Å². The summed E-state index contributed by atoms with van der Waals surface area (Å²) in [5.74, 6) is 0.0423. The molecule has 1 aromatic heterocycles. The van der Waals surface area contributed by atoms with Crippen molar-refractivity contribution in [2.75, 3.05) is 10.6 Å². The molecule has 1 aromatic carbocycles. The maximum absolute atomic E-state index is 12.1. The van der Waals surface area contributed by atoms with Crippen LogP contribution >= 0.6 is 0 Å². The number of carbonyl (C=O) groups excluding carboxylic acids is 2. The molecule has 0 unspecified atom stereocenters. The Labute approximate surface area is 123 Å². The van der Waals surface area contributed by atoms with Crippen molar-refractivity contribution < 1.29 is 9.59 Å². The molecular formula is C16H17N3O2. The van der Waals surface area contributed by atoms with Gasteiger partial charge in [-0.15, -0.1) is 0 Å². The summed E-state index contributed by atoms with van der Waals surface area (Å²) in [6.07, 6.45) is 3.76. The fourth-order valence-corrected chi connectivity index (χ4v) is 2.16. The van der Waals surface area contributed by atoms with Crippen LogP contribution in [0.25, 0.3) is 0 Å². The number of anilines is 2. The molecule has 2 N–H and O–H groups in total. The van der Waals surface area contributed by atoms with Crippen molar-refractivity contribution in [3.05, 3.63) is 48.3 Å². The Hall–Kier alpha value is -2.56. The van der Waals surface area contributed by atoms with Crippen molar-refractivity contribution in [1.82, 2.24) is 4.57 Å². The van der Waals surface area contributed by atoms with Crippen LogP contribution in [0.15, 0.2) is 42.6 Å². The van der Waals surface area contributed by atoms with Gasteiger partial charge in [0.15, 0.2) is 0 Å². The van der Waals surface area contributed by atoms with Gasteiger partial charge in [-0.2, -0.15) is 0 Å². The number of amides is 2. The molecule has 108 valence electrons. The van der Waals surface area contributed by atoms with Gasteiger partial charge >= 0.3 is 0 Å². The normalized spacial score (nSPS) is 13.8. The Kier molecular flexibility index (Phi) is 3.48. The van der Waals surface area contributed by atoms with E-state index in [0.717, 1.165) is 12.8 Å². The van der Waals surface area contributed by atoms with Crippen LogP contribution in [0.5, 0.6) is 0 Å². The predicted molar refractivity (Wildman–Crippen MR) is 81.2 cm³/mol. The molecule has 5 heteroatoms. The zero-order valence-electron chi connectivity index (χ0n) is 11.8. The minimum absolute atomic E-state index is 0.0564. The van der Waals surface area contributed by atoms with Crippen LogP contribution in [0, 0.1) is 5.92 Å². The largest absolute Gasteiger partial charge is 0.347 e. The van der Waals surface area contributed by atoms with Crippen molar-refractivity contribution >= 4 is 23.2 Å². The Morgan fingerprint density at radius 3 is 2.43 bits per heavy atom. The Morgan fingerprint density at radius 1 is 1.10 bits per heavy atom. The van der Waals surface area contributed by atoms with Gasteiger partial charge < -0.3 is 15.2 Å². The number of hydrogen-bond acceptors (Lipinski definition) is 2. The summed E-state index contributed by atoms with van der Waals surface area (Å²) in [6.45, 7) is 0. The number of hydrogen-bond donors (Lipinski definition) is 2. The molecule has 0 atom stereocenters. The second kappa shape index (κ2) is 5.44. The number of rotatable bonds is 4. The van der Waals surface area contributed by atoms with Gasteiger partial charge in [-0.05, 0) is 43.2 Å². The number of carbonyl (C=O) groups is 2. The van der Waals surface area contributed by atoms with Gasteiger partial charge in [0.1, 0.15) is 5.69 Å². The van der Waals surface area contributed by atoms with Crippen molar-refractivity contribution in [3.63, 3.8) is 0 Å². The molecule has 1 aliphatic carbocycles. The standard InChI is InChI=1S/C16H17N3O2/c1-19-9-3-6-14(19)16(21)18-13-5-2-4-12(10-13)17-15(20)11-7-8-11/h2-6,9-11H,7-8H2,1H3,(H,17,20)(H,18,21). The lowest BCUT2D eigenvalue weighted by Crippen LogP contribution is -2.16. The summed E-state index contributed by atoms with van der Waals surface area (Å²) >= 11 is 0. The van der Waals surface area contributed by atoms with E-state index in [2.05, 4.69) is 10.6 Å². The summed E-state index contributed by atoms with van der Waals surface area (Å²) in [4.78, 5) is 23.9. The Balaban J connectivity index is 1.69. The molecule has 0 radical (unpaired) electrons. The van der Waals surface area contributed by atoms with Gasteiger partial charge in [0.05, 0.1) is 0 Å². The van der Waals surface area contributed by atoms with E-state index < -0.39 is 0 Å². The van der Waals surface area contributed by atoms with E-state index in [1.807, 2.05) is 31.4 Å². The molecule has 21 heavy (non-hydrogen) atoms. The molecule has 1 fully saturated rings. The van der Waals surface area contributed by atoms with Gasteiger partial charge in [0.25, 0.3) is 5.91 Å². The summed E-state index contributed by atoms with van der Waals surface area (Å²) < 4.78 is 1.76. The van der Waals surface area contributed by atoms with Gasteiger partial charge in [0.2, 0.25) is 5.91 Å². The third-order valence-corrected chi connectivity index (χ3v) is 3.51. The zero-order valence-corrected chi connectivity index (χ0v) is 11.8. The highest BCUT2D eigenvalue weighted by molar-refractivity contribution is 6.03. The lowest BCUT2D eigenvalue weighted by Gasteiger charge is -2.09. The fraction of sp³-hybridized carbons (Fsp3) is 0.250. The molecule has 0 saturated heterocycles. The van der Waals surface area contributed by atoms with Crippen LogP contribution < -0.4 is 10.6 Å². The summed E-state index contributed by atoms with van der Waals surface area (Å²) in [7, 11) is 1.82. The monoisotopic (exact) mass is 283 g/mol. The highest BCUT2D eigenvalue weighted by Crippen LogP contribution is 2.30. The highest BCUT2D eigenvalue weighted by atomic mass is 16.2. The van der Waals surface area contributed by atoms with E-state index in [4.69, 9.17) is 0 Å². The summed E-state index contributed by atoms with van der Waals surface area (Å²) in [5, 5.41) is 5.70. The third-order valence-electron chi connectivity index (χ3n) is 3.51. The van der Waals surface area contributed by atoms with Crippen molar-refractivity contribution in [2.24, 2.45) is 13.0 Å². The maximum atomic E-state index is 12.1. The van der Waals surface area contributed by atoms with E-state index >= 15 is 0 Å². The molecule has 1 saturated carbocycles. The van der Waals surface area contributed by atoms with E-state index in [1.165, 1.54) is 0 Å². The molecule has 0 spiro atoms. The maximum Gasteiger partial charge on any atom is 0.272 e. The van der Waals surface area contributed by atoms with Crippen LogP contribution in [-0.4, -0.2) is 16.4 Å². The van der Waals surface area contributed by atoms with Crippen molar-refractivity contribution in [3.8, 4) is 0 Å². The van der Waals surface area contributed by atoms with Crippen LogP contribution in [-0.2, 0) is 11.8 Å². The van der Waals surface area contributed by atoms with Crippen LogP contribution in [0.1, 0.15) is 23.3 Å². The number of benzene rings is 1. The lowest BCUT2D eigenvalue weighted by atomic mass is 10.2. The average molecular weight is 283 g/mol. The molecule has 3 rings (SSSR count). The first-order valence-electron chi connectivity index (χ1n) is 6.97. The predicted octanol–water partition coefficient (Wildman–Crippen LogP) is 2.63. The number of aryl methyl sites for hydroxylation is 1. The molecule has 5 nitrogen and oxygen atoms in total. The van der Waals surface area contributed by atoms with Gasteiger partial charge in [-0.3, -0.25) is 9.59 Å². The third kappa shape index (κ3) is 3.13. The Morgan fingerprint density at radius 2 is 1.81 bits per heavy atom. The van der Waals surface area contributed by atoms with E-state index in [-0.39, 0.29) is 17.7 Å².